The van der Waals surface area contributed by atoms with Crippen molar-refractivity contribution in [2.45, 2.75) is 0 Å². The van der Waals surface area contributed by atoms with Crippen LogP contribution in [0.5, 0.6) is 0 Å². The third-order valence-electron chi connectivity index (χ3n) is 9.20. The molecular formula is C42H24N2O. The zero-order valence-corrected chi connectivity index (χ0v) is 24.2. The molecule has 2 aromatic heterocycles. The van der Waals surface area contributed by atoms with Crippen LogP contribution in [0, 0.1) is 0 Å². The van der Waals surface area contributed by atoms with E-state index in [-0.39, 0.29) is 0 Å². The lowest BCUT2D eigenvalue weighted by molar-refractivity contribution is 0.673. The van der Waals surface area contributed by atoms with Gasteiger partial charge in [0.15, 0.2) is 0 Å². The first-order chi connectivity index (χ1) is 22.3. The van der Waals surface area contributed by atoms with Gasteiger partial charge in [0, 0.05) is 38.1 Å². The first-order valence-electron chi connectivity index (χ1n) is 15.2. The Balaban J connectivity index is 1.28. The molecule has 0 bridgehead atoms. The second kappa shape index (κ2) is 9.22. The van der Waals surface area contributed by atoms with Crippen LogP contribution < -0.4 is 0 Å². The van der Waals surface area contributed by atoms with Gasteiger partial charge in [0.1, 0.15) is 11.2 Å². The number of fused-ring (bicyclic) bond motifs is 12. The van der Waals surface area contributed by atoms with Crippen molar-refractivity contribution in [3.05, 3.63) is 146 Å². The largest absolute Gasteiger partial charge is 0.455 e. The maximum absolute atomic E-state index is 6.54. The maximum Gasteiger partial charge on any atom is 0.143 e. The molecular weight excluding hydrogens is 548 g/mol. The van der Waals surface area contributed by atoms with Crippen molar-refractivity contribution in [2.24, 2.45) is 0 Å². The van der Waals surface area contributed by atoms with Gasteiger partial charge in [0.05, 0.1) is 22.4 Å². The minimum Gasteiger partial charge on any atom is -0.455 e. The van der Waals surface area contributed by atoms with Gasteiger partial charge in [-0.05, 0) is 51.2 Å². The van der Waals surface area contributed by atoms with Gasteiger partial charge in [-0.3, -0.25) is 0 Å². The zero-order valence-electron chi connectivity index (χ0n) is 24.2. The number of benzene rings is 8. The van der Waals surface area contributed by atoms with Gasteiger partial charge in [-0.1, -0.05) is 121 Å². The normalized spacial score (nSPS) is 12.0. The summed E-state index contributed by atoms with van der Waals surface area (Å²) in [5.41, 5.74) is 7.51. The number of furan rings is 1. The minimum atomic E-state index is 0.879. The Morgan fingerprint density at radius 2 is 1.07 bits per heavy atom. The van der Waals surface area contributed by atoms with E-state index in [9.17, 15) is 0 Å². The van der Waals surface area contributed by atoms with Gasteiger partial charge in [0.2, 0.25) is 0 Å². The lowest BCUT2D eigenvalue weighted by Gasteiger charge is -2.14. The van der Waals surface area contributed by atoms with Crippen molar-refractivity contribution < 1.29 is 4.42 Å². The smallest absolute Gasteiger partial charge is 0.143 e. The standard InChI is InChI=1S/C42H24N2O/c1-2-9-28(10-3-1)39-40(44-41-32-11-5-4-8-25(32)20-23-35(41)43-39)30-19-21-31-29(24-30)17-16-26-14-15-27-18-22-34-33-12-6-7-13-36(33)45-42(34)38(27)37(26)31/h1-24H. The van der Waals surface area contributed by atoms with Crippen LogP contribution in [0.25, 0.3) is 98.6 Å². The van der Waals surface area contributed by atoms with Crippen LogP contribution in [0.4, 0.5) is 0 Å². The summed E-state index contributed by atoms with van der Waals surface area (Å²) in [5.74, 6) is 0. The molecule has 0 unspecified atom stereocenters. The van der Waals surface area contributed by atoms with Crippen LogP contribution in [0.3, 0.4) is 0 Å². The summed E-state index contributed by atoms with van der Waals surface area (Å²) in [6.07, 6.45) is 0. The fraction of sp³-hybridized carbons (Fsp3) is 0. The van der Waals surface area contributed by atoms with Crippen LogP contribution in [0.2, 0.25) is 0 Å². The average Bonchev–Trinajstić information content (AvgIpc) is 3.50. The van der Waals surface area contributed by atoms with Gasteiger partial charge in [-0.25, -0.2) is 9.97 Å². The van der Waals surface area contributed by atoms with E-state index in [0.717, 1.165) is 77.0 Å². The summed E-state index contributed by atoms with van der Waals surface area (Å²) in [4.78, 5) is 10.6. The molecule has 0 radical (unpaired) electrons. The molecule has 8 aromatic carbocycles. The summed E-state index contributed by atoms with van der Waals surface area (Å²) >= 11 is 0. The molecule has 0 aliphatic rings. The molecule has 45 heavy (non-hydrogen) atoms. The second-order valence-electron chi connectivity index (χ2n) is 11.7. The van der Waals surface area contributed by atoms with Crippen molar-refractivity contribution >= 4 is 76.1 Å². The Labute approximate surface area is 258 Å². The maximum atomic E-state index is 6.54. The second-order valence-corrected chi connectivity index (χ2v) is 11.7. The summed E-state index contributed by atoms with van der Waals surface area (Å²) in [6.45, 7) is 0. The molecule has 2 heterocycles. The van der Waals surface area contributed by atoms with Gasteiger partial charge in [-0.2, -0.15) is 0 Å². The molecule has 208 valence electrons. The average molecular weight is 573 g/mol. The number of hydrogen-bond donors (Lipinski definition) is 0. The third-order valence-corrected chi connectivity index (χ3v) is 9.20. The van der Waals surface area contributed by atoms with E-state index < -0.39 is 0 Å². The predicted octanol–water partition coefficient (Wildman–Crippen LogP) is 11.5. The highest BCUT2D eigenvalue weighted by Gasteiger charge is 2.17. The molecule has 0 aliphatic carbocycles. The van der Waals surface area contributed by atoms with E-state index in [1.165, 1.54) is 21.5 Å². The number of hydrogen-bond acceptors (Lipinski definition) is 3. The zero-order chi connectivity index (χ0) is 29.5. The van der Waals surface area contributed by atoms with Crippen molar-refractivity contribution in [2.75, 3.05) is 0 Å². The molecule has 0 amide bonds. The van der Waals surface area contributed by atoms with E-state index in [2.05, 4.69) is 133 Å². The SMILES string of the molecule is c1ccc(-c2nc3ccc4ccccc4c3nc2-c2ccc3c(ccc4ccc5ccc6c7ccccc7oc6c5c43)c2)cc1. The highest BCUT2D eigenvalue weighted by molar-refractivity contribution is 6.28. The van der Waals surface area contributed by atoms with E-state index in [4.69, 9.17) is 14.4 Å². The van der Waals surface area contributed by atoms with Crippen molar-refractivity contribution in [3.63, 3.8) is 0 Å². The van der Waals surface area contributed by atoms with Crippen LogP contribution in [-0.2, 0) is 0 Å². The Morgan fingerprint density at radius 3 is 1.96 bits per heavy atom. The first-order valence-corrected chi connectivity index (χ1v) is 15.2. The fourth-order valence-corrected chi connectivity index (χ4v) is 7.08. The Hall–Kier alpha value is -6.06. The quantitative estimate of drug-likeness (QED) is 0.193. The Kier molecular flexibility index (Phi) is 5.00. The minimum absolute atomic E-state index is 0.879. The van der Waals surface area contributed by atoms with Crippen LogP contribution in [-0.4, -0.2) is 9.97 Å². The van der Waals surface area contributed by atoms with E-state index in [1.54, 1.807) is 0 Å². The van der Waals surface area contributed by atoms with Gasteiger partial charge >= 0.3 is 0 Å². The fourth-order valence-electron chi connectivity index (χ4n) is 7.08. The van der Waals surface area contributed by atoms with Gasteiger partial charge in [-0.15, -0.1) is 0 Å². The molecule has 0 fully saturated rings. The van der Waals surface area contributed by atoms with Crippen LogP contribution in [0.1, 0.15) is 0 Å². The molecule has 10 aromatic rings. The van der Waals surface area contributed by atoms with E-state index in [1.807, 2.05) is 12.1 Å². The van der Waals surface area contributed by atoms with E-state index >= 15 is 0 Å². The number of rotatable bonds is 2. The number of aromatic nitrogens is 2. The lowest BCUT2D eigenvalue weighted by Crippen LogP contribution is -1.96. The monoisotopic (exact) mass is 572 g/mol. The summed E-state index contributed by atoms with van der Waals surface area (Å²) in [5, 5.41) is 11.6. The van der Waals surface area contributed by atoms with Gasteiger partial charge in [0.25, 0.3) is 0 Å². The van der Waals surface area contributed by atoms with Crippen molar-refractivity contribution in [1.29, 1.82) is 0 Å². The summed E-state index contributed by atoms with van der Waals surface area (Å²) in [7, 11) is 0. The number of nitrogens with zero attached hydrogens (tertiary/aromatic N) is 2. The highest BCUT2D eigenvalue weighted by Crippen LogP contribution is 2.41. The molecule has 0 atom stereocenters. The lowest BCUT2D eigenvalue weighted by atomic mass is 9.93. The molecule has 0 aliphatic heterocycles. The molecule has 0 N–H and O–H groups in total. The summed E-state index contributed by atoms with van der Waals surface area (Å²) < 4.78 is 6.54. The third kappa shape index (κ3) is 3.58. The highest BCUT2D eigenvalue weighted by atomic mass is 16.3. The predicted molar refractivity (Wildman–Crippen MR) is 188 cm³/mol. The topological polar surface area (TPSA) is 38.9 Å². The molecule has 0 spiro atoms. The molecule has 10 rings (SSSR count). The Morgan fingerprint density at radius 1 is 0.400 bits per heavy atom. The molecule has 0 saturated carbocycles. The molecule has 3 heteroatoms. The first kappa shape index (κ1) is 24.4. The van der Waals surface area contributed by atoms with Crippen molar-refractivity contribution in [3.8, 4) is 22.5 Å². The molecule has 0 saturated heterocycles. The van der Waals surface area contributed by atoms with Crippen LogP contribution >= 0.6 is 0 Å². The van der Waals surface area contributed by atoms with Crippen molar-refractivity contribution in [1.82, 2.24) is 9.97 Å². The summed E-state index contributed by atoms with van der Waals surface area (Å²) in [6, 6.07) is 51.3. The Bertz CT molecular complexity index is 2810. The molecule has 3 nitrogen and oxygen atoms in total. The van der Waals surface area contributed by atoms with Gasteiger partial charge < -0.3 is 4.42 Å². The van der Waals surface area contributed by atoms with Crippen LogP contribution in [0.15, 0.2) is 150 Å². The van der Waals surface area contributed by atoms with E-state index in [0.29, 0.717) is 0 Å². The number of para-hydroxylation sites is 1.